The number of likely N-dealkylation sites (N-methyl/N-ethyl adjacent to an activating group) is 1. The highest BCUT2D eigenvalue weighted by Gasteiger charge is 2.09. The van der Waals surface area contributed by atoms with E-state index >= 15 is 0 Å². The van der Waals surface area contributed by atoms with E-state index in [0.29, 0.717) is 0 Å². The average molecular weight is 237 g/mol. The van der Waals surface area contributed by atoms with E-state index in [1.165, 1.54) is 0 Å². The lowest BCUT2D eigenvalue weighted by Crippen LogP contribution is -2.09. The maximum atomic E-state index is 5.63. The van der Waals surface area contributed by atoms with Crippen molar-refractivity contribution < 1.29 is 4.42 Å². The number of aromatic nitrogens is 2. The third-order valence-corrected chi connectivity index (χ3v) is 3.27. The van der Waals surface area contributed by atoms with Crippen LogP contribution in [0.15, 0.2) is 16.5 Å². The Hall–Kier alpha value is -1.20. The van der Waals surface area contributed by atoms with Crippen LogP contribution in [0.1, 0.15) is 17.7 Å². The van der Waals surface area contributed by atoms with Crippen LogP contribution in [0.2, 0.25) is 0 Å². The normalized spacial score (nSPS) is 10.9. The number of furan rings is 1. The summed E-state index contributed by atoms with van der Waals surface area (Å²) in [7, 11) is 1.93. The van der Waals surface area contributed by atoms with Gasteiger partial charge in [-0.2, -0.15) is 0 Å². The molecule has 0 fully saturated rings. The lowest BCUT2D eigenvalue weighted by molar-refractivity contribution is 0.528. The van der Waals surface area contributed by atoms with E-state index < -0.39 is 0 Å². The quantitative estimate of drug-likeness (QED) is 0.865. The van der Waals surface area contributed by atoms with Crippen molar-refractivity contribution in [3.8, 4) is 10.8 Å². The van der Waals surface area contributed by atoms with Crippen molar-refractivity contribution >= 4 is 11.3 Å². The van der Waals surface area contributed by atoms with Gasteiger partial charge in [-0.25, -0.2) is 0 Å². The molecule has 0 spiro atoms. The Labute approximate surface area is 98.7 Å². The van der Waals surface area contributed by atoms with E-state index in [-0.39, 0.29) is 0 Å². The molecule has 86 valence electrons. The number of hydrogen-bond donors (Lipinski definition) is 1. The fourth-order valence-electron chi connectivity index (χ4n) is 1.37. The second-order valence-corrected chi connectivity index (χ2v) is 4.54. The third-order valence-electron chi connectivity index (χ3n) is 2.28. The topological polar surface area (TPSA) is 51.0 Å². The first-order valence-electron chi connectivity index (χ1n) is 5.39. The standard InChI is InChI=1S/C11H15N3OS/c1-3-8-4-5-9(15-8)11-14-13-10(16-11)6-7-12-2/h4-5,12H,3,6-7H2,1-2H3. The predicted molar refractivity (Wildman–Crippen MR) is 64.6 cm³/mol. The third kappa shape index (κ3) is 2.48. The van der Waals surface area contributed by atoms with Crippen molar-refractivity contribution in [2.75, 3.05) is 13.6 Å². The largest absolute Gasteiger partial charge is 0.459 e. The number of nitrogens with zero attached hydrogens (tertiary/aromatic N) is 2. The summed E-state index contributed by atoms with van der Waals surface area (Å²) in [6.45, 7) is 2.99. The highest BCUT2D eigenvalue weighted by Crippen LogP contribution is 2.25. The van der Waals surface area contributed by atoms with E-state index in [2.05, 4.69) is 22.4 Å². The number of aryl methyl sites for hydroxylation is 1. The Kier molecular flexibility index (Phi) is 3.69. The zero-order chi connectivity index (χ0) is 11.4. The molecule has 0 aliphatic rings. The Morgan fingerprint density at radius 3 is 2.94 bits per heavy atom. The highest BCUT2D eigenvalue weighted by atomic mass is 32.1. The lowest BCUT2D eigenvalue weighted by Gasteiger charge is -1.91. The Morgan fingerprint density at radius 1 is 1.38 bits per heavy atom. The summed E-state index contributed by atoms with van der Waals surface area (Å²) in [5.74, 6) is 1.81. The predicted octanol–water partition coefficient (Wildman–Crippen LogP) is 2.12. The lowest BCUT2D eigenvalue weighted by atomic mass is 10.4. The molecule has 0 saturated heterocycles. The number of hydrogen-bond acceptors (Lipinski definition) is 5. The van der Waals surface area contributed by atoms with Crippen LogP contribution in [-0.4, -0.2) is 23.8 Å². The smallest absolute Gasteiger partial charge is 0.183 e. The van der Waals surface area contributed by atoms with Gasteiger partial charge in [0.05, 0.1) is 0 Å². The van der Waals surface area contributed by atoms with Gasteiger partial charge in [0, 0.05) is 19.4 Å². The van der Waals surface area contributed by atoms with Gasteiger partial charge < -0.3 is 9.73 Å². The van der Waals surface area contributed by atoms with Crippen LogP contribution in [0.3, 0.4) is 0 Å². The van der Waals surface area contributed by atoms with Gasteiger partial charge in [-0.1, -0.05) is 18.3 Å². The summed E-state index contributed by atoms with van der Waals surface area (Å²) in [5.41, 5.74) is 0. The van der Waals surface area contributed by atoms with Crippen LogP contribution >= 0.6 is 11.3 Å². The van der Waals surface area contributed by atoms with E-state index in [1.54, 1.807) is 11.3 Å². The van der Waals surface area contributed by atoms with Crippen molar-refractivity contribution in [2.24, 2.45) is 0 Å². The Bertz CT molecular complexity index is 450. The molecular formula is C11H15N3OS. The molecule has 0 saturated carbocycles. The SMILES string of the molecule is CCc1ccc(-c2nnc(CCNC)s2)o1. The molecule has 0 aliphatic heterocycles. The molecular weight excluding hydrogens is 222 g/mol. The molecule has 1 N–H and O–H groups in total. The van der Waals surface area contributed by atoms with Gasteiger partial charge >= 0.3 is 0 Å². The van der Waals surface area contributed by atoms with Gasteiger partial charge in [-0.15, -0.1) is 10.2 Å². The van der Waals surface area contributed by atoms with E-state index in [4.69, 9.17) is 4.42 Å². The minimum absolute atomic E-state index is 0.824. The van der Waals surface area contributed by atoms with Crippen LogP contribution in [0.4, 0.5) is 0 Å². The minimum atomic E-state index is 0.824. The second kappa shape index (κ2) is 5.23. The van der Waals surface area contributed by atoms with Gasteiger partial charge in [0.15, 0.2) is 10.8 Å². The molecule has 5 heteroatoms. The summed E-state index contributed by atoms with van der Waals surface area (Å²) >= 11 is 1.59. The van der Waals surface area contributed by atoms with Crippen LogP contribution < -0.4 is 5.32 Å². The molecule has 2 aromatic rings. The molecule has 2 rings (SSSR count). The summed E-state index contributed by atoms with van der Waals surface area (Å²) in [6, 6.07) is 3.95. The molecule has 2 aromatic heterocycles. The van der Waals surface area contributed by atoms with E-state index in [1.807, 2.05) is 19.2 Å². The van der Waals surface area contributed by atoms with Crippen molar-refractivity contribution in [1.29, 1.82) is 0 Å². The van der Waals surface area contributed by atoms with Gasteiger partial charge in [0.2, 0.25) is 0 Å². The van der Waals surface area contributed by atoms with Crippen LogP contribution in [0, 0.1) is 0 Å². The molecule has 0 atom stereocenters. The van der Waals surface area contributed by atoms with Crippen molar-refractivity contribution in [3.05, 3.63) is 22.9 Å². The van der Waals surface area contributed by atoms with Crippen LogP contribution in [0.5, 0.6) is 0 Å². The zero-order valence-electron chi connectivity index (χ0n) is 9.49. The van der Waals surface area contributed by atoms with E-state index in [9.17, 15) is 0 Å². The molecule has 4 nitrogen and oxygen atoms in total. The minimum Gasteiger partial charge on any atom is -0.459 e. The van der Waals surface area contributed by atoms with Gasteiger partial charge in [-0.3, -0.25) is 0 Å². The summed E-state index contributed by atoms with van der Waals surface area (Å²) in [4.78, 5) is 0. The van der Waals surface area contributed by atoms with Crippen LogP contribution in [0.25, 0.3) is 10.8 Å². The molecule has 2 heterocycles. The number of rotatable bonds is 5. The molecule has 0 bridgehead atoms. The fraction of sp³-hybridized carbons (Fsp3) is 0.455. The van der Waals surface area contributed by atoms with Gasteiger partial charge in [0.1, 0.15) is 10.8 Å². The fourth-order valence-corrected chi connectivity index (χ4v) is 2.17. The first kappa shape index (κ1) is 11.3. The summed E-state index contributed by atoms with van der Waals surface area (Å²) in [6.07, 6.45) is 1.82. The molecule has 0 radical (unpaired) electrons. The monoisotopic (exact) mass is 237 g/mol. The maximum absolute atomic E-state index is 5.63. The Morgan fingerprint density at radius 2 is 2.25 bits per heavy atom. The molecule has 0 amide bonds. The summed E-state index contributed by atoms with van der Waals surface area (Å²) < 4.78 is 5.63. The van der Waals surface area contributed by atoms with E-state index in [0.717, 1.165) is 40.9 Å². The van der Waals surface area contributed by atoms with Gasteiger partial charge in [-0.05, 0) is 19.2 Å². The molecule has 0 aliphatic carbocycles. The second-order valence-electron chi connectivity index (χ2n) is 3.47. The first-order chi connectivity index (χ1) is 7.83. The molecule has 0 unspecified atom stereocenters. The van der Waals surface area contributed by atoms with Crippen molar-refractivity contribution in [3.63, 3.8) is 0 Å². The molecule has 0 aromatic carbocycles. The average Bonchev–Trinajstić information content (AvgIpc) is 2.94. The first-order valence-corrected chi connectivity index (χ1v) is 6.21. The van der Waals surface area contributed by atoms with Gasteiger partial charge in [0.25, 0.3) is 0 Å². The van der Waals surface area contributed by atoms with Crippen molar-refractivity contribution in [2.45, 2.75) is 19.8 Å². The van der Waals surface area contributed by atoms with Crippen LogP contribution in [-0.2, 0) is 12.8 Å². The Balaban J connectivity index is 2.11. The summed E-state index contributed by atoms with van der Waals surface area (Å²) in [5, 5.41) is 13.3. The highest BCUT2D eigenvalue weighted by molar-refractivity contribution is 7.14. The number of nitrogens with one attached hydrogen (secondary N) is 1. The zero-order valence-corrected chi connectivity index (χ0v) is 10.3. The molecule has 16 heavy (non-hydrogen) atoms. The maximum Gasteiger partial charge on any atom is 0.183 e. The van der Waals surface area contributed by atoms with Crippen molar-refractivity contribution in [1.82, 2.24) is 15.5 Å².